The molecular weight excluding hydrogens is 296 g/mol. The van der Waals surface area contributed by atoms with E-state index in [9.17, 15) is 0 Å². The van der Waals surface area contributed by atoms with Crippen LogP contribution in [-0.2, 0) is 5.41 Å². The summed E-state index contributed by atoms with van der Waals surface area (Å²) in [6.45, 7) is 15.5. The van der Waals surface area contributed by atoms with Crippen molar-refractivity contribution >= 4 is 27.3 Å². The van der Waals surface area contributed by atoms with Gasteiger partial charge in [0.1, 0.15) is 0 Å². The number of hydrogen-bond acceptors (Lipinski definition) is 3. The molecule has 1 atom stereocenters. The number of nitrogens with one attached hydrogen (secondary N) is 1. The molecule has 1 rings (SSSR count). The van der Waals surface area contributed by atoms with Gasteiger partial charge in [0, 0.05) is 27.4 Å². The zero-order valence-electron chi connectivity index (χ0n) is 11.2. The topological polar surface area (TPSA) is 24.9 Å². The number of rotatable bonds is 4. The number of aryl methyl sites for hydroxylation is 1. The van der Waals surface area contributed by atoms with Crippen LogP contribution in [0.4, 0.5) is 0 Å². The Kier molecular flexibility index (Phi) is 4.93. The predicted octanol–water partition coefficient (Wildman–Crippen LogP) is 4.31. The van der Waals surface area contributed by atoms with E-state index in [0.717, 1.165) is 16.7 Å². The fourth-order valence-electron chi connectivity index (χ4n) is 1.49. The van der Waals surface area contributed by atoms with E-state index in [1.165, 1.54) is 9.88 Å². The van der Waals surface area contributed by atoms with Crippen molar-refractivity contribution in [1.82, 2.24) is 10.3 Å². The van der Waals surface area contributed by atoms with Crippen LogP contribution in [0.5, 0.6) is 0 Å². The first-order chi connectivity index (χ1) is 7.71. The highest BCUT2D eigenvalue weighted by Gasteiger charge is 2.22. The Bertz CT molecular complexity index is 404. The van der Waals surface area contributed by atoms with E-state index in [0.29, 0.717) is 6.04 Å². The third-order valence-electron chi connectivity index (χ3n) is 2.47. The molecule has 1 aromatic rings. The summed E-state index contributed by atoms with van der Waals surface area (Å²) >= 11 is 5.17. The van der Waals surface area contributed by atoms with Gasteiger partial charge in [-0.2, -0.15) is 0 Å². The van der Waals surface area contributed by atoms with Crippen LogP contribution in [0, 0.1) is 6.92 Å². The van der Waals surface area contributed by atoms with E-state index < -0.39 is 0 Å². The number of nitrogens with zero attached hydrogens (tertiary/aromatic N) is 1. The van der Waals surface area contributed by atoms with Gasteiger partial charge in [-0.1, -0.05) is 43.3 Å². The molecule has 0 spiro atoms. The van der Waals surface area contributed by atoms with Gasteiger partial charge in [0.2, 0.25) is 0 Å². The predicted molar refractivity (Wildman–Crippen MR) is 80.0 cm³/mol. The summed E-state index contributed by atoms with van der Waals surface area (Å²) in [5.41, 5.74) is 1.27. The minimum Gasteiger partial charge on any atom is -0.305 e. The Morgan fingerprint density at radius 1 is 1.53 bits per heavy atom. The number of hydrogen-bond donors (Lipinski definition) is 1. The molecule has 0 aromatic carbocycles. The maximum atomic E-state index is 4.67. The highest BCUT2D eigenvalue weighted by Crippen LogP contribution is 2.32. The average molecular weight is 317 g/mol. The Hall–Kier alpha value is -0.190. The van der Waals surface area contributed by atoms with Crippen LogP contribution in [0.15, 0.2) is 11.1 Å². The van der Waals surface area contributed by atoms with Crippen molar-refractivity contribution in [2.24, 2.45) is 0 Å². The molecule has 1 N–H and O–H groups in total. The average Bonchev–Trinajstić information content (AvgIpc) is 2.56. The second-order valence-electron chi connectivity index (χ2n) is 5.34. The van der Waals surface area contributed by atoms with Crippen molar-refractivity contribution in [2.45, 2.75) is 46.1 Å². The van der Waals surface area contributed by atoms with Gasteiger partial charge in [-0.25, -0.2) is 4.98 Å². The minimum absolute atomic E-state index is 0.131. The summed E-state index contributed by atoms with van der Waals surface area (Å²) in [7, 11) is 0. The molecule has 1 aromatic heterocycles. The third-order valence-corrected chi connectivity index (χ3v) is 4.51. The van der Waals surface area contributed by atoms with E-state index in [1.54, 1.807) is 0 Å². The molecule has 17 heavy (non-hydrogen) atoms. The first-order valence-corrected chi connectivity index (χ1v) is 7.37. The molecule has 0 bridgehead atoms. The smallest absolute Gasteiger partial charge is 0.0985 e. The van der Waals surface area contributed by atoms with Crippen molar-refractivity contribution in [3.05, 3.63) is 26.6 Å². The lowest BCUT2D eigenvalue weighted by Crippen LogP contribution is -2.19. The normalized spacial score (nSPS) is 13.8. The fourth-order valence-corrected chi connectivity index (χ4v) is 2.80. The number of aromatic nitrogens is 1. The molecule has 1 unspecified atom stereocenters. The molecule has 0 fully saturated rings. The van der Waals surface area contributed by atoms with Gasteiger partial charge in [0.25, 0.3) is 0 Å². The number of halogens is 1. The van der Waals surface area contributed by atoms with Crippen molar-refractivity contribution in [3.8, 4) is 0 Å². The minimum atomic E-state index is 0.131. The summed E-state index contributed by atoms with van der Waals surface area (Å²) in [5.74, 6) is 0. The second-order valence-corrected chi connectivity index (χ2v) is 7.49. The van der Waals surface area contributed by atoms with Crippen LogP contribution in [0.2, 0.25) is 0 Å². The van der Waals surface area contributed by atoms with Crippen LogP contribution in [0.1, 0.15) is 49.3 Å². The molecule has 1 heterocycles. The monoisotopic (exact) mass is 316 g/mol. The second kappa shape index (κ2) is 5.63. The van der Waals surface area contributed by atoms with Crippen LogP contribution in [0.25, 0.3) is 0 Å². The lowest BCUT2D eigenvalue weighted by Gasteiger charge is -2.14. The Labute approximate surface area is 117 Å². The zero-order valence-corrected chi connectivity index (χ0v) is 13.6. The Balaban J connectivity index is 2.84. The van der Waals surface area contributed by atoms with E-state index in [1.807, 2.05) is 11.3 Å². The number of thiazole rings is 1. The summed E-state index contributed by atoms with van der Waals surface area (Å²) in [6, 6.07) is 0.317. The summed E-state index contributed by atoms with van der Waals surface area (Å²) in [4.78, 5) is 6.00. The molecule has 4 heteroatoms. The van der Waals surface area contributed by atoms with Crippen molar-refractivity contribution < 1.29 is 0 Å². The van der Waals surface area contributed by atoms with Gasteiger partial charge in [-0.3, -0.25) is 0 Å². The van der Waals surface area contributed by atoms with E-state index in [-0.39, 0.29) is 5.41 Å². The fraction of sp³-hybridized carbons (Fsp3) is 0.615. The molecule has 0 aliphatic heterocycles. The third kappa shape index (κ3) is 4.19. The van der Waals surface area contributed by atoms with E-state index >= 15 is 0 Å². The molecule has 0 saturated heterocycles. The van der Waals surface area contributed by atoms with Crippen LogP contribution < -0.4 is 5.32 Å². The Morgan fingerprint density at radius 2 is 2.12 bits per heavy atom. The lowest BCUT2D eigenvalue weighted by atomic mass is 9.98. The van der Waals surface area contributed by atoms with Gasteiger partial charge in [-0.05, 0) is 13.8 Å². The Morgan fingerprint density at radius 3 is 2.53 bits per heavy atom. The van der Waals surface area contributed by atoms with Crippen molar-refractivity contribution in [2.75, 3.05) is 6.54 Å². The lowest BCUT2D eigenvalue weighted by molar-refractivity contribution is 0.583. The van der Waals surface area contributed by atoms with Crippen molar-refractivity contribution in [3.63, 3.8) is 0 Å². The standard InChI is InChI=1S/C13H21BrN2S/c1-8(14)7-15-9(2)11-10(3)16-12(17-11)13(4,5)6/h9,15H,1,7H2,2-6H3. The van der Waals surface area contributed by atoms with E-state index in [4.69, 9.17) is 0 Å². The molecule has 0 aliphatic carbocycles. The molecule has 96 valence electrons. The SMILES string of the molecule is C=C(Br)CNC(C)c1sc(C(C)(C)C)nc1C. The highest BCUT2D eigenvalue weighted by atomic mass is 79.9. The van der Waals surface area contributed by atoms with Crippen LogP contribution >= 0.6 is 27.3 Å². The first kappa shape index (κ1) is 14.9. The largest absolute Gasteiger partial charge is 0.305 e. The molecule has 0 saturated carbocycles. The molecular formula is C13H21BrN2S. The molecule has 0 aliphatic rings. The summed E-state index contributed by atoms with van der Waals surface area (Å²) in [5, 5.41) is 4.63. The summed E-state index contributed by atoms with van der Waals surface area (Å²) < 4.78 is 0.975. The van der Waals surface area contributed by atoms with Gasteiger partial charge in [0.05, 0.1) is 10.7 Å². The quantitative estimate of drug-likeness (QED) is 0.895. The van der Waals surface area contributed by atoms with Gasteiger partial charge >= 0.3 is 0 Å². The van der Waals surface area contributed by atoms with Gasteiger partial charge in [-0.15, -0.1) is 11.3 Å². The zero-order chi connectivity index (χ0) is 13.2. The molecule has 0 amide bonds. The molecule has 0 radical (unpaired) electrons. The maximum absolute atomic E-state index is 4.67. The van der Waals surface area contributed by atoms with Crippen molar-refractivity contribution in [1.29, 1.82) is 0 Å². The van der Waals surface area contributed by atoms with E-state index in [2.05, 4.69) is 67.4 Å². The summed E-state index contributed by atoms with van der Waals surface area (Å²) in [6.07, 6.45) is 0. The van der Waals surface area contributed by atoms with Gasteiger partial charge < -0.3 is 5.32 Å². The first-order valence-electron chi connectivity index (χ1n) is 5.76. The maximum Gasteiger partial charge on any atom is 0.0985 e. The van der Waals surface area contributed by atoms with Crippen LogP contribution in [-0.4, -0.2) is 11.5 Å². The van der Waals surface area contributed by atoms with Crippen LogP contribution in [0.3, 0.4) is 0 Å². The molecule has 2 nitrogen and oxygen atoms in total. The highest BCUT2D eigenvalue weighted by molar-refractivity contribution is 9.11. The van der Waals surface area contributed by atoms with Gasteiger partial charge in [0.15, 0.2) is 0 Å².